The Morgan fingerprint density at radius 3 is 2.16 bits per heavy atom. The third-order valence-corrected chi connectivity index (χ3v) is 3.39. The lowest BCUT2D eigenvalue weighted by molar-refractivity contribution is 0.0753. The van der Waals surface area contributed by atoms with Crippen LogP contribution >= 0.6 is 0 Å². The summed E-state index contributed by atoms with van der Waals surface area (Å²) in [4.78, 5) is 14.4. The molecule has 0 radical (unpaired) electrons. The van der Waals surface area contributed by atoms with E-state index in [0.717, 1.165) is 37.9 Å². The van der Waals surface area contributed by atoms with Crippen molar-refractivity contribution in [2.45, 2.75) is 52.9 Å². The summed E-state index contributed by atoms with van der Waals surface area (Å²) < 4.78 is 0. The number of nitrogens with zero attached hydrogens (tertiary/aromatic N) is 1. The lowest BCUT2D eigenvalue weighted by Gasteiger charge is -2.22. The van der Waals surface area contributed by atoms with Gasteiger partial charge in [-0.05, 0) is 36.5 Å². The molecule has 0 N–H and O–H groups in total. The summed E-state index contributed by atoms with van der Waals surface area (Å²) in [5.74, 6) is 0.682. The Morgan fingerprint density at radius 2 is 1.68 bits per heavy atom. The fourth-order valence-corrected chi connectivity index (χ4v) is 2.13. The van der Waals surface area contributed by atoms with Gasteiger partial charge in [-0.25, -0.2) is 0 Å². The van der Waals surface area contributed by atoms with Gasteiger partial charge in [0.2, 0.25) is 0 Å². The molecule has 0 spiro atoms. The van der Waals surface area contributed by atoms with Crippen LogP contribution in [-0.4, -0.2) is 23.9 Å². The monoisotopic (exact) mass is 261 g/mol. The largest absolute Gasteiger partial charge is 0.339 e. The molecule has 19 heavy (non-hydrogen) atoms. The number of carbonyl (C=O) groups excluding carboxylic acids is 1. The molecule has 0 saturated heterocycles. The molecule has 1 aromatic rings. The molecular weight excluding hydrogens is 234 g/mol. The number of hydrogen-bond donors (Lipinski definition) is 0. The number of carbonyl (C=O) groups is 1. The van der Waals surface area contributed by atoms with Crippen molar-refractivity contribution in [3.8, 4) is 0 Å². The van der Waals surface area contributed by atoms with Crippen LogP contribution < -0.4 is 0 Å². The maximum absolute atomic E-state index is 12.4. The van der Waals surface area contributed by atoms with Gasteiger partial charge in [0.05, 0.1) is 0 Å². The van der Waals surface area contributed by atoms with E-state index in [1.807, 2.05) is 17.0 Å². The van der Waals surface area contributed by atoms with E-state index in [9.17, 15) is 4.79 Å². The van der Waals surface area contributed by atoms with Crippen molar-refractivity contribution in [1.82, 2.24) is 4.90 Å². The van der Waals surface area contributed by atoms with Crippen LogP contribution in [-0.2, 0) is 0 Å². The van der Waals surface area contributed by atoms with Gasteiger partial charge in [0, 0.05) is 18.7 Å². The van der Waals surface area contributed by atoms with Crippen molar-refractivity contribution in [3.63, 3.8) is 0 Å². The second-order valence-electron chi connectivity index (χ2n) is 5.42. The molecule has 0 unspecified atom stereocenters. The second kappa shape index (κ2) is 7.98. The summed E-state index contributed by atoms with van der Waals surface area (Å²) in [6, 6.07) is 8.07. The SMILES string of the molecule is CCCCN(CCC)C(=O)c1ccc(C(C)C)cc1. The van der Waals surface area contributed by atoms with E-state index >= 15 is 0 Å². The molecule has 1 rings (SSSR count). The molecular formula is C17H27NO. The highest BCUT2D eigenvalue weighted by Crippen LogP contribution is 2.16. The average molecular weight is 261 g/mol. The van der Waals surface area contributed by atoms with Gasteiger partial charge in [-0.15, -0.1) is 0 Å². The van der Waals surface area contributed by atoms with Gasteiger partial charge in [0.15, 0.2) is 0 Å². The van der Waals surface area contributed by atoms with Crippen molar-refractivity contribution >= 4 is 5.91 Å². The van der Waals surface area contributed by atoms with E-state index in [1.54, 1.807) is 0 Å². The van der Waals surface area contributed by atoms with E-state index in [0.29, 0.717) is 5.92 Å². The third kappa shape index (κ3) is 4.70. The molecule has 0 aromatic heterocycles. The zero-order chi connectivity index (χ0) is 14.3. The van der Waals surface area contributed by atoms with Crippen LogP contribution in [0.3, 0.4) is 0 Å². The van der Waals surface area contributed by atoms with Crippen LogP contribution in [0.15, 0.2) is 24.3 Å². The first-order valence-electron chi connectivity index (χ1n) is 7.49. The smallest absolute Gasteiger partial charge is 0.253 e. The summed E-state index contributed by atoms with van der Waals surface area (Å²) in [5, 5.41) is 0. The molecule has 0 heterocycles. The summed E-state index contributed by atoms with van der Waals surface area (Å²) in [6.45, 7) is 10.3. The summed E-state index contributed by atoms with van der Waals surface area (Å²) in [5.41, 5.74) is 2.10. The van der Waals surface area contributed by atoms with Crippen molar-refractivity contribution < 1.29 is 4.79 Å². The Bertz CT molecular complexity index is 381. The number of rotatable bonds is 7. The molecule has 1 amide bonds. The van der Waals surface area contributed by atoms with E-state index in [-0.39, 0.29) is 5.91 Å². The Labute approximate surface area is 117 Å². The third-order valence-electron chi connectivity index (χ3n) is 3.39. The number of hydrogen-bond acceptors (Lipinski definition) is 1. The van der Waals surface area contributed by atoms with Crippen LogP contribution in [0.4, 0.5) is 0 Å². The molecule has 1 aromatic carbocycles. The quantitative estimate of drug-likeness (QED) is 0.709. The lowest BCUT2D eigenvalue weighted by atomic mass is 10.0. The van der Waals surface area contributed by atoms with Crippen molar-refractivity contribution in [3.05, 3.63) is 35.4 Å². The molecule has 0 bridgehead atoms. The highest BCUT2D eigenvalue weighted by atomic mass is 16.2. The zero-order valence-corrected chi connectivity index (χ0v) is 12.8. The summed E-state index contributed by atoms with van der Waals surface area (Å²) >= 11 is 0. The first-order valence-corrected chi connectivity index (χ1v) is 7.49. The first-order chi connectivity index (χ1) is 9.10. The zero-order valence-electron chi connectivity index (χ0n) is 12.8. The van der Waals surface area contributed by atoms with Crippen LogP contribution in [0.1, 0.15) is 68.8 Å². The van der Waals surface area contributed by atoms with E-state index in [4.69, 9.17) is 0 Å². The van der Waals surface area contributed by atoms with E-state index < -0.39 is 0 Å². The first kappa shape index (κ1) is 15.7. The average Bonchev–Trinajstić information content (AvgIpc) is 2.42. The van der Waals surface area contributed by atoms with Gasteiger partial charge in [-0.2, -0.15) is 0 Å². The van der Waals surface area contributed by atoms with Crippen LogP contribution in [0.5, 0.6) is 0 Å². The van der Waals surface area contributed by atoms with Gasteiger partial charge < -0.3 is 4.90 Å². The summed E-state index contributed by atoms with van der Waals surface area (Å²) in [6.07, 6.45) is 3.22. The van der Waals surface area contributed by atoms with Crippen molar-refractivity contribution in [1.29, 1.82) is 0 Å². The van der Waals surface area contributed by atoms with Crippen molar-refractivity contribution in [2.75, 3.05) is 13.1 Å². The fraction of sp³-hybridized carbons (Fsp3) is 0.588. The Kier molecular flexibility index (Phi) is 6.61. The number of unbranched alkanes of at least 4 members (excludes halogenated alkanes) is 1. The minimum Gasteiger partial charge on any atom is -0.339 e. The fourth-order valence-electron chi connectivity index (χ4n) is 2.13. The van der Waals surface area contributed by atoms with E-state index in [2.05, 4.69) is 39.8 Å². The molecule has 0 saturated carbocycles. The Morgan fingerprint density at radius 1 is 1.05 bits per heavy atom. The van der Waals surface area contributed by atoms with Crippen LogP contribution in [0.25, 0.3) is 0 Å². The highest BCUT2D eigenvalue weighted by Gasteiger charge is 2.14. The van der Waals surface area contributed by atoms with Gasteiger partial charge in [-0.1, -0.05) is 46.2 Å². The lowest BCUT2D eigenvalue weighted by Crippen LogP contribution is -2.32. The molecule has 106 valence electrons. The Balaban J connectivity index is 2.77. The standard InChI is InChI=1S/C17H27NO/c1-5-7-13-18(12-6-2)17(19)16-10-8-15(9-11-16)14(3)4/h8-11,14H,5-7,12-13H2,1-4H3. The minimum atomic E-state index is 0.172. The van der Waals surface area contributed by atoms with Gasteiger partial charge in [-0.3, -0.25) is 4.79 Å². The molecule has 2 heteroatoms. The molecule has 0 atom stereocenters. The molecule has 2 nitrogen and oxygen atoms in total. The van der Waals surface area contributed by atoms with Gasteiger partial charge >= 0.3 is 0 Å². The molecule has 0 aliphatic rings. The van der Waals surface area contributed by atoms with Crippen molar-refractivity contribution in [2.24, 2.45) is 0 Å². The molecule has 0 aliphatic carbocycles. The molecule has 0 fully saturated rings. The minimum absolute atomic E-state index is 0.172. The predicted octanol–water partition coefficient (Wildman–Crippen LogP) is 4.46. The molecule has 0 aliphatic heterocycles. The second-order valence-corrected chi connectivity index (χ2v) is 5.42. The maximum atomic E-state index is 12.4. The summed E-state index contributed by atoms with van der Waals surface area (Å²) in [7, 11) is 0. The van der Waals surface area contributed by atoms with Crippen LogP contribution in [0.2, 0.25) is 0 Å². The number of amides is 1. The Hall–Kier alpha value is -1.31. The maximum Gasteiger partial charge on any atom is 0.253 e. The van der Waals surface area contributed by atoms with E-state index in [1.165, 1.54) is 5.56 Å². The van der Waals surface area contributed by atoms with Crippen LogP contribution in [0, 0.1) is 0 Å². The van der Waals surface area contributed by atoms with Gasteiger partial charge in [0.1, 0.15) is 0 Å². The normalized spacial score (nSPS) is 10.8. The van der Waals surface area contributed by atoms with Gasteiger partial charge in [0.25, 0.3) is 5.91 Å². The highest BCUT2D eigenvalue weighted by molar-refractivity contribution is 5.94. The topological polar surface area (TPSA) is 20.3 Å². The predicted molar refractivity (Wildman–Crippen MR) is 81.6 cm³/mol. The number of benzene rings is 1.